The molecule has 6 rings (SSSR count). The third-order valence-corrected chi connectivity index (χ3v) is 6.49. The fourth-order valence-corrected chi connectivity index (χ4v) is 4.68. The predicted molar refractivity (Wildman–Crippen MR) is 141 cm³/mol. The van der Waals surface area contributed by atoms with Gasteiger partial charge < -0.3 is 10.2 Å². The van der Waals surface area contributed by atoms with Gasteiger partial charge in [0.15, 0.2) is 0 Å². The maximum absolute atomic E-state index is 11.1. The van der Waals surface area contributed by atoms with Gasteiger partial charge in [0.1, 0.15) is 11.5 Å². The third-order valence-electron chi connectivity index (χ3n) is 6.49. The molecule has 0 unspecified atom stereocenters. The Kier molecular flexibility index (Phi) is 4.78. The van der Waals surface area contributed by atoms with Crippen LogP contribution in [-0.4, -0.2) is 10.2 Å². The van der Waals surface area contributed by atoms with Gasteiger partial charge >= 0.3 is 0 Å². The summed E-state index contributed by atoms with van der Waals surface area (Å²) in [4.78, 5) is 0. The van der Waals surface area contributed by atoms with Gasteiger partial charge in [-0.05, 0) is 57.3 Å². The van der Waals surface area contributed by atoms with Gasteiger partial charge in [-0.2, -0.15) is 0 Å². The number of aromatic hydroxyl groups is 2. The van der Waals surface area contributed by atoms with Gasteiger partial charge in [0.2, 0.25) is 0 Å². The van der Waals surface area contributed by atoms with E-state index in [1.165, 1.54) is 0 Å². The molecule has 0 aliphatic rings. The molecule has 0 saturated heterocycles. The minimum Gasteiger partial charge on any atom is -0.507 e. The molecule has 34 heavy (non-hydrogen) atoms. The van der Waals surface area contributed by atoms with Crippen LogP contribution in [0.1, 0.15) is 0 Å². The van der Waals surface area contributed by atoms with Crippen molar-refractivity contribution in [2.45, 2.75) is 0 Å². The van der Waals surface area contributed by atoms with Crippen LogP contribution in [0, 0.1) is 0 Å². The van der Waals surface area contributed by atoms with Crippen LogP contribution in [0.5, 0.6) is 11.5 Å². The molecule has 0 amide bonds. The topological polar surface area (TPSA) is 40.5 Å². The van der Waals surface area contributed by atoms with Crippen molar-refractivity contribution >= 4 is 21.5 Å². The molecule has 6 aromatic carbocycles. The monoisotopic (exact) mass is 438 g/mol. The summed E-state index contributed by atoms with van der Waals surface area (Å²) in [5.41, 5.74) is 5.70. The van der Waals surface area contributed by atoms with Crippen LogP contribution < -0.4 is 0 Å². The maximum Gasteiger partial charge on any atom is 0.131 e. The van der Waals surface area contributed by atoms with Gasteiger partial charge in [-0.25, -0.2) is 0 Å². The average molecular weight is 439 g/mol. The first-order chi connectivity index (χ1) is 16.7. The molecule has 2 N–H and O–H groups in total. The van der Waals surface area contributed by atoms with Crippen molar-refractivity contribution in [1.29, 1.82) is 0 Å². The van der Waals surface area contributed by atoms with Gasteiger partial charge in [0, 0.05) is 21.9 Å². The second-order valence-electron chi connectivity index (χ2n) is 8.53. The van der Waals surface area contributed by atoms with Gasteiger partial charge in [0.05, 0.1) is 0 Å². The van der Waals surface area contributed by atoms with E-state index >= 15 is 0 Å². The van der Waals surface area contributed by atoms with Gasteiger partial charge in [-0.15, -0.1) is 0 Å². The molecule has 0 atom stereocenters. The summed E-state index contributed by atoms with van der Waals surface area (Å²) in [6.07, 6.45) is 0. The standard InChI is InChI=1S/C32H22O2/c33-31-27-15-11-23(21-7-3-1-4-8-21)19-25(27)13-17-29(31)30-18-14-26-20-24(12-16-28(26)32(30)34)22-9-5-2-6-10-22/h1-20,33-34H. The second-order valence-corrected chi connectivity index (χ2v) is 8.53. The van der Waals surface area contributed by atoms with Crippen molar-refractivity contribution in [3.05, 3.63) is 121 Å². The SMILES string of the molecule is Oc1c(-c2ccc3cc(-c4ccccc4)ccc3c2O)ccc2cc(-c3ccccc3)ccc12. The molecular weight excluding hydrogens is 416 g/mol. The first kappa shape index (κ1) is 20.1. The molecule has 0 spiro atoms. The molecule has 162 valence electrons. The van der Waals surface area contributed by atoms with Gasteiger partial charge in [0.25, 0.3) is 0 Å². The molecule has 0 aliphatic carbocycles. The van der Waals surface area contributed by atoms with Gasteiger partial charge in [-0.3, -0.25) is 0 Å². The molecule has 0 aliphatic heterocycles. The van der Waals surface area contributed by atoms with Crippen LogP contribution in [0.4, 0.5) is 0 Å². The lowest BCUT2D eigenvalue weighted by Crippen LogP contribution is -1.86. The first-order valence-electron chi connectivity index (χ1n) is 11.3. The molecule has 2 heteroatoms. The van der Waals surface area contributed by atoms with Crippen LogP contribution in [0.3, 0.4) is 0 Å². The average Bonchev–Trinajstić information content (AvgIpc) is 2.90. The quantitative estimate of drug-likeness (QED) is 0.291. The molecule has 0 radical (unpaired) electrons. The lowest BCUT2D eigenvalue weighted by atomic mass is 9.93. The Bertz CT molecular complexity index is 1530. The predicted octanol–water partition coefficient (Wildman–Crippen LogP) is 8.41. The van der Waals surface area contributed by atoms with Crippen molar-refractivity contribution in [1.82, 2.24) is 0 Å². The summed E-state index contributed by atoms with van der Waals surface area (Å²) >= 11 is 0. The molecule has 0 heterocycles. The second kappa shape index (κ2) is 8.09. The minimum atomic E-state index is 0.174. The van der Waals surface area contributed by atoms with E-state index in [9.17, 15) is 10.2 Å². The van der Waals surface area contributed by atoms with Crippen molar-refractivity contribution < 1.29 is 10.2 Å². The fraction of sp³-hybridized carbons (Fsp3) is 0. The van der Waals surface area contributed by atoms with E-state index in [2.05, 4.69) is 36.4 Å². The van der Waals surface area contributed by atoms with Crippen LogP contribution >= 0.6 is 0 Å². The summed E-state index contributed by atoms with van der Waals surface area (Å²) in [6, 6.07) is 40.2. The minimum absolute atomic E-state index is 0.174. The summed E-state index contributed by atoms with van der Waals surface area (Å²) in [6.45, 7) is 0. The van der Waals surface area contributed by atoms with E-state index in [0.717, 1.165) is 43.8 Å². The third kappa shape index (κ3) is 3.37. The Hall–Kier alpha value is -4.56. The normalized spacial score (nSPS) is 11.2. The number of fused-ring (bicyclic) bond motifs is 2. The number of rotatable bonds is 3. The first-order valence-corrected chi connectivity index (χ1v) is 11.3. The Morgan fingerprint density at radius 3 is 1.18 bits per heavy atom. The van der Waals surface area contributed by atoms with E-state index < -0.39 is 0 Å². The molecule has 6 aromatic rings. The van der Waals surface area contributed by atoms with Crippen LogP contribution in [0.25, 0.3) is 54.9 Å². The number of benzene rings is 6. The van der Waals surface area contributed by atoms with Crippen LogP contribution in [-0.2, 0) is 0 Å². The highest BCUT2D eigenvalue weighted by atomic mass is 16.3. The fourth-order valence-electron chi connectivity index (χ4n) is 4.68. The van der Waals surface area contributed by atoms with Crippen molar-refractivity contribution in [3.63, 3.8) is 0 Å². The number of phenols is 2. The maximum atomic E-state index is 11.1. The van der Waals surface area contributed by atoms with E-state index in [0.29, 0.717) is 11.1 Å². The van der Waals surface area contributed by atoms with Gasteiger partial charge in [-0.1, -0.05) is 97.1 Å². The van der Waals surface area contributed by atoms with Crippen LogP contribution in [0.15, 0.2) is 121 Å². The van der Waals surface area contributed by atoms with Crippen molar-refractivity contribution in [2.75, 3.05) is 0 Å². The molecule has 0 fully saturated rings. The summed E-state index contributed by atoms with van der Waals surface area (Å²) in [5.74, 6) is 0.348. The lowest BCUT2D eigenvalue weighted by Gasteiger charge is -2.13. The Balaban J connectivity index is 1.44. The highest BCUT2D eigenvalue weighted by Gasteiger charge is 2.15. The van der Waals surface area contributed by atoms with E-state index in [1.807, 2.05) is 84.9 Å². The largest absolute Gasteiger partial charge is 0.507 e. The highest BCUT2D eigenvalue weighted by molar-refractivity contribution is 6.02. The Labute approximate surface area is 198 Å². The molecule has 0 bridgehead atoms. The van der Waals surface area contributed by atoms with E-state index in [-0.39, 0.29) is 11.5 Å². The zero-order chi connectivity index (χ0) is 23.1. The molecule has 0 saturated carbocycles. The molecule has 2 nitrogen and oxygen atoms in total. The zero-order valence-electron chi connectivity index (χ0n) is 18.4. The summed E-state index contributed by atoms with van der Waals surface area (Å²) < 4.78 is 0. The molecule has 0 aromatic heterocycles. The smallest absolute Gasteiger partial charge is 0.131 e. The Morgan fingerprint density at radius 1 is 0.353 bits per heavy atom. The Morgan fingerprint density at radius 2 is 0.765 bits per heavy atom. The number of phenolic OH excluding ortho intramolecular Hbond substituents is 2. The van der Waals surface area contributed by atoms with E-state index in [4.69, 9.17) is 0 Å². The zero-order valence-corrected chi connectivity index (χ0v) is 18.4. The van der Waals surface area contributed by atoms with E-state index in [1.54, 1.807) is 0 Å². The van der Waals surface area contributed by atoms with Crippen molar-refractivity contribution in [3.8, 4) is 44.9 Å². The molecular formula is C32H22O2. The highest BCUT2D eigenvalue weighted by Crippen LogP contribution is 2.43. The number of hydrogen-bond acceptors (Lipinski definition) is 2. The number of hydrogen-bond donors (Lipinski definition) is 2. The van der Waals surface area contributed by atoms with Crippen molar-refractivity contribution in [2.24, 2.45) is 0 Å². The van der Waals surface area contributed by atoms with Crippen LogP contribution in [0.2, 0.25) is 0 Å². The lowest BCUT2D eigenvalue weighted by molar-refractivity contribution is 0.475. The summed E-state index contributed by atoms with van der Waals surface area (Å²) in [5, 5.41) is 25.7. The summed E-state index contributed by atoms with van der Waals surface area (Å²) in [7, 11) is 0.